The highest BCUT2D eigenvalue weighted by molar-refractivity contribution is 7.90. The number of aryl methyl sites for hydroxylation is 3. The van der Waals surface area contributed by atoms with Gasteiger partial charge in [0.2, 0.25) is 11.8 Å². The Hall–Kier alpha value is -3.98. The Balaban J connectivity index is 1.62. The van der Waals surface area contributed by atoms with E-state index in [0.717, 1.165) is 22.5 Å². The molecule has 2 aromatic heterocycles. The third-order valence-electron chi connectivity index (χ3n) is 7.15. The third kappa shape index (κ3) is 4.26. The van der Waals surface area contributed by atoms with Crippen LogP contribution in [0.25, 0.3) is 10.9 Å². The molecule has 0 radical (unpaired) electrons. The van der Waals surface area contributed by atoms with Crippen molar-refractivity contribution in [3.8, 4) is 11.6 Å². The van der Waals surface area contributed by atoms with Crippen molar-refractivity contribution in [1.29, 1.82) is 0 Å². The van der Waals surface area contributed by atoms with Gasteiger partial charge in [-0.2, -0.15) is 0 Å². The fraction of sp³-hybridized carbons (Fsp3) is 0.276. The monoisotopic (exact) mass is 531 g/mol. The molecule has 1 amide bonds. The number of ether oxygens (including phenoxy) is 2. The first kappa shape index (κ1) is 25.7. The largest absolute Gasteiger partial charge is 0.496 e. The molecular weight excluding hydrogens is 502 g/mol. The number of amides is 1. The van der Waals surface area contributed by atoms with Gasteiger partial charge in [0.25, 0.3) is 10.0 Å². The van der Waals surface area contributed by atoms with Crippen LogP contribution in [0.3, 0.4) is 0 Å². The molecule has 4 aromatic rings. The Morgan fingerprint density at radius 1 is 0.947 bits per heavy atom. The van der Waals surface area contributed by atoms with Crippen LogP contribution in [-0.2, 0) is 20.2 Å². The SMILES string of the molecule is COc1ccc(C)cc1[C@@]1(C(=O)NS(=O)(=O)c2cccc3nc(C)ccc23)C[C@H]1c1ccc(C)nc1OC. The van der Waals surface area contributed by atoms with Crippen LogP contribution in [0.2, 0.25) is 0 Å². The maximum atomic E-state index is 14.1. The minimum absolute atomic E-state index is 0.00556. The molecule has 2 heterocycles. The molecule has 8 nitrogen and oxygen atoms in total. The molecule has 0 bridgehead atoms. The average molecular weight is 532 g/mol. The normalized spacial score (nSPS) is 18.7. The smallest absolute Gasteiger partial charge is 0.264 e. The van der Waals surface area contributed by atoms with Crippen LogP contribution < -0.4 is 14.2 Å². The number of pyridine rings is 2. The van der Waals surface area contributed by atoms with E-state index in [0.29, 0.717) is 34.5 Å². The Bertz CT molecular complexity index is 1690. The van der Waals surface area contributed by atoms with Gasteiger partial charge in [-0.05, 0) is 63.6 Å². The Morgan fingerprint density at radius 3 is 2.42 bits per heavy atom. The fourth-order valence-electron chi connectivity index (χ4n) is 5.18. The highest BCUT2D eigenvalue weighted by Crippen LogP contribution is 2.64. The van der Waals surface area contributed by atoms with E-state index in [9.17, 15) is 13.2 Å². The fourth-order valence-corrected chi connectivity index (χ4v) is 6.44. The highest BCUT2D eigenvalue weighted by Gasteiger charge is 2.64. The molecule has 0 unspecified atom stereocenters. The molecule has 0 aliphatic heterocycles. The molecule has 196 valence electrons. The number of fused-ring (bicyclic) bond motifs is 1. The van der Waals surface area contributed by atoms with Crippen molar-refractivity contribution in [2.24, 2.45) is 0 Å². The molecule has 0 spiro atoms. The molecule has 5 rings (SSSR count). The van der Waals surface area contributed by atoms with Crippen LogP contribution in [-0.4, -0.2) is 38.5 Å². The molecule has 1 aliphatic carbocycles. The first-order valence-electron chi connectivity index (χ1n) is 12.2. The molecule has 0 saturated heterocycles. The molecule has 9 heteroatoms. The van der Waals surface area contributed by atoms with Gasteiger partial charge in [0.1, 0.15) is 5.75 Å². The van der Waals surface area contributed by atoms with Gasteiger partial charge in [0.05, 0.1) is 30.0 Å². The van der Waals surface area contributed by atoms with Crippen LogP contribution in [0.15, 0.2) is 65.6 Å². The van der Waals surface area contributed by atoms with Crippen molar-refractivity contribution in [2.75, 3.05) is 14.2 Å². The Morgan fingerprint density at radius 2 is 1.68 bits per heavy atom. The summed E-state index contributed by atoms with van der Waals surface area (Å²) >= 11 is 0. The minimum atomic E-state index is -4.24. The second kappa shape index (κ2) is 9.40. The van der Waals surface area contributed by atoms with Crippen LogP contribution in [0.4, 0.5) is 0 Å². The van der Waals surface area contributed by atoms with Crippen LogP contribution in [0, 0.1) is 20.8 Å². The van der Waals surface area contributed by atoms with Gasteiger partial charge in [-0.3, -0.25) is 9.78 Å². The Labute approximate surface area is 222 Å². The second-order valence-electron chi connectivity index (χ2n) is 9.69. The van der Waals surface area contributed by atoms with Crippen molar-refractivity contribution >= 4 is 26.8 Å². The number of nitrogens with zero attached hydrogens (tertiary/aromatic N) is 2. The average Bonchev–Trinajstić information content (AvgIpc) is 3.64. The lowest BCUT2D eigenvalue weighted by atomic mass is 9.88. The van der Waals surface area contributed by atoms with Gasteiger partial charge in [-0.1, -0.05) is 29.8 Å². The van der Waals surface area contributed by atoms with Crippen molar-refractivity contribution in [3.63, 3.8) is 0 Å². The first-order valence-corrected chi connectivity index (χ1v) is 13.7. The predicted molar refractivity (Wildman–Crippen MR) is 144 cm³/mol. The number of carbonyl (C=O) groups is 1. The zero-order valence-electron chi connectivity index (χ0n) is 21.9. The van der Waals surface area contributed by atoms with E-state index in [1.165, 1.54) is 20.3 Å². The van der Waals surface area contributed by atoms with Crippen molar-refractivity contribution in [2.45, 2.75) is 43.4 Å². The van der Waals surface area contributed by atoms with Gasteiger partial charge in [-0.25, -0.2) is 18.1 Å². The van der Waals surface area contributed by atoms with E-state index in [2.05, 4.69) is 14.7 Å². The molecule has 1 aliphatic rings. The van der Waals surface area contributed by atoms with Crippen LogP contribution in [0.1, 0.15) is 40.4 Å². The van der Waals surface area contributed by atoms with E-state index in [1.54, 1.807) is 30.3 Å². The number of hydrogen-bond acceptors (Lipinski definition) is 7. The van der Waals surface area contributed by atoms with Gasteiger partial charge < -0.3 is 9.47 Å². The molecule has 2 atom stereocenters. The van der Waals surface area contributed by atoms with Gasteiger partial charge in [-0.15, -0.1) is 0 Å². The summed E-state index contributed by atoms with van der Waals surface area (Å²) < 4.78 is 40.9. The zero-order chi connectivity index (χ0) is 27.2. The standard InChI is InChI=1S/C29H29N3O5S/c1-17-9-14-25(36-4)22(15-17)29(16-23(29)20-12-10-19(3)31-27(20)37-5)28(33)32-38(34,35)26-8-6-7-24-21(26)13-11-18(2)30-24/h6-15,23H,16H2,1-5H3,(H,32,33)/t23-,29-/m0/s1. The van der Waals surface area contributed by atoms with Crippen molar-refractivity contribution < 1.29 is 22.7 Å². The quantitative estimate of drug-likeness (QED) is 0.374. The maximum absolute atomic E-state index is 14.1. The lowest BCUT2D eigenvalue weighted by Crippen LogP contribution is -2.40. The van der Waals surface area contributed by atoms with E-state index in [4.69, 9.17) is 9.47 Å². The Kier molecular flexibility index (Phi) is 6.35. The summed E-state index contributed by atoms with van der Waals surface area (Å²) in [7, 11) is -1.17. The summed E-state index contributed by atoms with van der Waals surface area (Å²) in [6.45, 7) is 5.61. The summed E-state index contributed by atoms with van der Waals surface area (Å²) in [4.78, 5) is 23.0. The maximum Gasteiger partial charge on any atom is 0.264 e. The van der Waals surface area contributed by atoms with Crippen molar-refractivity contribution in [3.05, 3.63) is 88.7 Å². The van der Waals surface area contributed by atoms with E-state index < -0.39 is 21.3 Å². The van der Waals surface area contributed by atoms with Crippen LogP contribution in [0.5, 0.6) is 11.6 Å². The highest BCUT2D eigenvalue weighted by atomic mass is 32.2. The van der Waals surface area contributed by atoms with Gasteiger partial charge in [0, 0.05) is 33.8 Å². The summed E-state index contributed by atoms with van der Waals surface area (Å²) in [6.07, 6.45) is 0.367. The molecule has 1 fully saturated rings. The number of nitrogens with one attached hydrogen (secondary N) is 1. The zero-order valence-corrected chi connectivity index (χ0v) is 22.7. The third-order valence-corrected chi connectivity index (χ3v) is 8.54. The number of sulfonamides is 1. The topological polar surface area (TPSA) is 107 Å². The van der Waals surface area contributed by atoms with Gasteiger partial charge in [0.15, 0.2) is 0 Å². The summed E-state index contributed by atoms with van der Waals surface area (Å²) in [5, 5.41) is 0.442. The predicted octanol–water partition coefficient (Wildman–Crippen LogP) is 4.50. The van der Waals surface area contributed by atoms with Crippen LogP contribution >= 0.6 is 0 Å². The number of benzene rings is 2. The lowest BCUT2D eigenvalue weighted by molar-refractivity contribution is -0.122. The number of carbonyl (C=O) groups excluding carboxylic acids is 1. The second-order valence-corrected chi connectivity index (χ2v) is 11.3. The van der Waals surface area contributed by atoms with E-state index in [-0.39, 0.29) is 10.8 Å². The number of rotatable bonds is 7. The lowest BCUT2D eigenvalue weighted by Gasteiger charge is -2.22. The summed E-state index contributed by atoms with van der Waals surface area (Å²) in [5.74, 6) is -0.0800. The number of hydrogen-bond donors (Lipinski definition) is 1. The minimum Gasteiger partial charge on any atom is -0.496 e. The van der Waals surface area contributed by atoms with Gasteiger partial charge >= 0.3 is 0 Å². The first-order chi connectivity index (χ1) is 18.1. The molecular formula is C29H29N3O5S. The molecule has 2 aromatic carbocycles. The number of methoxy groups -OCH3 is 2. The summed E-state index contributed by atoms with van der Waals surface area (Å²) in [5.41, 5.74) is 3.16. The van der Waals surface area contributed by atoms with Crippen molar-refractivity contribution in [1.82, 2.24) is 14.7 Å². The van der Waals surface area contributed by atoms with E-state index >= 15 is 0 Å². The number of aromatic nitrogens is 2. The molecule has 1 saturated carbocycles. The van der Waals surface area contributed by atoms with E-state index in [1.807, 2.05) is 45.0 Å². The summed E-state index contributed by atoms with van der Waals surface area (Å²) in [6, 6.07) is 17.6. The molecule has 1 N–H and O–H groups in total. The molecule has 38 heavy (non-hydrogen) atoms.